The topological polar surface area (TPSA) is 142 Å². The van der Waals surface area contributed by atoms with Crippen LogP contribution in [0.25, 0.3) is 0 Å². The number of hydrogen-bond acceptors (Lipinski definition) is 7. The molecule has 2 heterocycles. The van der Waals surface area contributed by atoms with Gasteiger partial charge < -0.3 is 16.2 Å². The summed E-state index contributed by atoms with van der Waals surface area (Å²) in [7, 11) is 0. The third-order valence-electron chi connectivity index (χ3n) is 6.69. The molecule has 0 radical (unpaired) electrons. The highest BCUT2D eigenvalue weighted by Gasteiger charge is 2.45. The van der Waals surface area contributed by atoms with E-state index < -0.39 is 29.7 Å². The van der Waals surface area contributed by atoms with E-state index >= 15 is 0 Å². The van der Waals surface area contributed by atoms with Gasteiger partial charge in [0.1, 0.15) is 6.04 Å². The van der Waals surface area contributed by atoms with Crippen LogP contribution in [0.4, 0.5) is 0 Å². The molecule has 0 spiro atoms. The summed E-state index contributed by atoms with van der Waals surface area (Å²) >= 11 is 0. The first kappa shape index (κ1) is 21.6. The number of hydrogen-bond donors (Lipinski definition) is 4. The highest BCUT2D eigenvalue weighted by molar-refractivity contribution is 6.24. The molecule has 5 N–H and O–H groups in total. The molecule has 1 unspecified atom stereocenters. The van der Waals surface area contributed by atoms with Crippen LogP contribution in [-0.2, 0) is 16.1 Å². The number of nitrogens with zero attached hydrogens (tertiary/aromatic N) is 1. The maximum Gasteiger partial charge on any atom is 0.262 e. The van der Waals surface area contributed by atoms with E-state index in [9.17, 15) is 24.3 Å². The molecule has 4 atom stereocenters. The number of rotatable bonds is 6. The van der Waals surface area contributed by atoms with Crippen LogP contribution < -0.4 is 16.4 Å². The molecule has 4 rings (SSSR count). The molecule has 9 heteroatoms. The third-order valence-corrected chi connectivity index (χ3v) is 6.69. The van der Waals surface area contributed by atoms with E-state index in [-0.39, 0.29) is 42.9 Å². The number of nitrogens with two attached hydrogens (primary N) is 1. The van der Waals surface area contributed by atoms with Crippen LogP contribution in [0.1, 0.15) is 58.4 Å². The van der Waals surface area contributed by atoms with E-state index in [0.29, 0.717) is 24.2 Å². The van der Waals surface area contributed by atoms with Crippen molar-refractivity contribution in [1.29, 1.82) is 0 Å². The van der Waals surface area contributed by atoms with E-state index in [4.69, 9.17) is 5.73 Å². The van der Waals surface area contributed by atoms with Gasteiger partial charge in [-0.25, -0.2) is 0 Å². The highest BCUT2D eigenvalue weighted by atomic mass is 16.3. The number of carbonyl (C=O) groups is 4. The number of aliphatic hydroxyl groups is 1. The minimum absolute atomic E-state index is 0.0195. The molecule has 2 aliphatic heterocycles. The van der Waals surface area contributed by atoms with Crippen molar-refractivity contribution < 1.29 is 24.3 Å². The summed E-state index contributed by atoms with van der Waals surface area (Å²) in [6, 6.07) is 4.18. The second-order valence-electron chi connectivity index (χ2n) is 8.70. The molecule has 1 aromatic carbocycles. The lowest BCUT2D eigenvalue weighted by Crippen LogP contribution is -2.54. The second kappa shape index (κ2) is 8.86. The monoisotopic (exact) mass is 428 g/mol. The van der Waals surface area contributed by atoms with Crippen LogP contribution >= 0.6 is 0 Å². The molecular formula is C22H28N4O5. The lowest BCUT2D eigenvalue weighted by Gasteiger charge is -2.33. The van der Waals surface area contributed by atoms with E-state index in [1.165, 1.54) is 0 Å². The molecule has 9 nitrogen and oxygen atoms in total. The van der Waals surface area contributed by atoms with Crippen molar-refractivity contribution >= 4 is 23.6 Å². The van der Waals surface area contributed by atoms with Gasteiger partial charge >= 0.3 is 0 Å². The minimum Gasteiger partial charge on any atom is -0.396 e. The first-order valence-corrected chi connectivity index (χ1v) is 10.8. The number of benzene rings is 1. The van der Waals surface area contributed by atoms with Gasteiger partial charge in [0.15, 0.2) is 0 Å². The molecule has 0 bridgehead atoms. The second-order valence-corrected chi connectivity index (χ2v) is 8.70. The van der Waals surface area contributed by atoms with Gasteiger partial charge in [-0.3, -0.25) is 29.4 Å². The van der Waals surface area contributed by atoms with Crippen molar-refractivity contribution in [2.75, 3.05) is 13.2 Å². The Hall–Kier alpha value is -2.62. The van der Waals surface area contributed by atoms with Crippen LogP contribution in [0.3, 0.4) is 0 Å². The molecule has 31 heavy (non-hydrogen) atoms. The molecule has 1 aromatic rings. The Morgan fingerprint density at radius 1 is 1.13 bits per heavy atom. The number of amides is 4. The van der Waals surface area contributed by atoms with Crippen molar-refractivity contribution in [2.24, 2.45) is 17.6 Å². The van der Waals surface area contributed by atoms with Crippen LogP contribution in [0.2, 0.25) is 0 Å². The smallest absolute Gasteiger partial charge is 0.262 e. The van der Waals surface area contributed by atoms with Crippen molar-refractivity contribution in [3.8, 4) is 0 Å². The van der Waals surface area contributed by atoms with Crippen molar-refractivity contribution in [2.45, 2.75) is 50.7 Å². The first-order chi connectivity index (χ1) is 14.9. The number of nitrogens with one attached hydrogen (secondary N) is 2. The fraction of sp³-hybridized carbons (Fsp3) is 0.545. The lowest BCUT2D eigenvalue weighted by atomic mass is 9.79. The third kappa shape index (κ3) is 4.13. The van der Waals surface area contributed by atoms with E-state index in [0.717, 1.165) is 24.2 Å². The summed E-state index contributed by atoms with van der Waals surface area (Å²) in [6.45, 7) is 1.25. The Balaban J connectivity index is 1.44. The maximum absolute atomic E-state index is 13.1. The lowest BCUT2D eigenvalue weighted by molar-refractivity contribution is -0.136. The summed E-state index contributed by atoms with van der Waals surface area (Å²) in [5, 5.41) is 14.9. The molecule has 3 aliphatic rings. The van der Waals surface area contributed by atoms with E-state index in [1.807, 2.05) is 0 Å². The van der Waals surface area contributed by atoms with Crippen molar-refractivity contribution in [1.82, 2.24) is 15.5 Å². The minimum atomic E-state index is -0.967. The Morgan fingerprint density at radius 2 is 1.94 bits per heavy atom. The fourth-order valence-electron chi connectivity index (χ4n) is 4.90. The zero-order chi connectivity index (χ0) is 22.1. The van der Waals surface area contributed by atoms with Crippen molar-refractivity contribution in [3.63, 3.8) is 0 Å². The predicted octanol–water partition coefficient (Wildman–Crippen LogP) is -0.0867. The Labute approximate surface area is 180 Å². The average Bonchev–Trinajstić information content (AvgIpc) is 3.00. The van der Waals surface area contributed by atoms with Gasteiger partial charge in [0.25, 0.3) is 11.8 Å². The Bertz CT molecular complexity index is 917. The van der Waals surface area contributed by atoms with Crippen LogP contribution in [0.5, 0.6) is 0 Å². The number of carbonyl (C=O) groups excluding carboxylic acids is 4. The summed E-state index contributed by atoms with van der Waals surface area (Å²) in [5.74, 6) is -1.44. The number of imide groups is 2. The maximum atomic E-state index is 13.1. The Kier molecular flexibility index (Phi) is 6.17. The van der Waals surface area contributed by atoms with Crippen LogP contribution in [-0.4, -0.2) is 58.9 Å². The van der Waals surface area contributed by atoms with Crippen LogP contribution in [0, 0.1) is 11.8 Å². The standard InChI is InChI=1S/C22H28N4O5/c23-16-8-12(11-27)4-5-13(16)9-24-10-14-2-1-3-15-19(14)22(31)26(21(15)30)17-6-7-18(28)25-20(17)29/h1-3,12-13,16-17,24,27H,4-11,23H2,(H,25,28,29)/t12-,13-,16-,17?/m1/s1. The SMILES string of the molecule is N[C@@H]1C[C@H](CO)CC[C@@H]1CNCc1cccc2c1C(=O)N(C1CCC(=O)NC1=O)C2=O. The number of fused-ring (bicyclic) bond motifs is 1. The number of aliphatic hydroxyl groups excluding tert-OH is 1. The van der Waals surface area contributed by atoms with E-state index in [2.05, 4.69) is 10.6 Å². The molecule has 1 saturated carbocycles. The summed E-state index contributed by atoms with van der Waals surface area (Å²) in [5.41, 5.74) is 7.56. The largest absolute Gasteiger partial charge is 0.396 e. The predicted molar refractivity (Wildman–Crippen MR) is 111 cm³/mol. The zero-order valence-corrected chi connectivity index (χ0v) is 17.3. The molecule has 1 saturated heterocycles. The van der Waals surface area contributed by atoms with Gasteiger partial charge in [0.2, 0.25) is 11.8 Å². The molecular weight excluding hydrogens is 400 g/mol. The Morgan fingerprint density at radius 3 is 2.65 bits per heavy atom. The van der Waals surface area contributed by atoms with Gasteiger partial charge in [-0.2, -0.15) is 0 Å². The molecule has 0 aromatic heterocycles. The normalized spacial score (nSPS) is 28.6. The summed E-state index contributed by atoms with van der Waals surface area (Å²) in [4.78, 5) is 50.6. The highest BCUT2D eigenvalue weighted by Crippen LogP contribution is 2.30. The zero-order valence-electron chi connectivity index (χ0n) is 17.3. The molecule has 4 amide bonds. The van der Waals surface area contributed by atoms with Crippen LogP contribution in [0.15, 0.2) is 18.2 Å². The first-order valence-electron chi connectivity index (χ1n) is 10.8. The van der Waals surface area contributed by atoms with Gasteiger partial charge in [-0.05, 0) is 55.7 Å². The van der Waals surface area contributed by atoms with Crippen molar-refractivity contribution in [3.05, 3.63) is 34.9 Å². The van der Waals surface area contributed by atoms with Gasteiger partial charge in [-0.1, -0.05) is 12.1 Å². The number of piperidine rings is 1. The summed E-state index contributed by atoms with van der Waals surface area (Å²) < 4.78 is 0. The molecule has 2 fully saturated rings. The van der Waals surface area contributed by atoms with E-state index in [1.54, 1.807) is 18.2 Å². The summed E-state index contributed by atoms with van der Waals surface area (Å²) in [6.07, 6.45) is 2.92. The van der Waals surface area contributed by atoms with Gasteiger partial charge in [0, 0.05) is 25.6 Å². The van der Waals surface area contributed by atoms with Gasteiger partial charge in [0.05, 0.1) is 11.1 Å². The quantitative estimate of drug-likeness (QED) is 0.464. The van der Waals surface area contributed by atoms with Gasteiger partial charge in [-0.15, -0.1) is 0 Å². The average molecular weight is 428 g/mol. The fourth-order valence-corrected chi connectivity index (χ4v) is 4.90. The molecule has 166 valence electrons. The molecule has 1 aliphatic carbocycles.